The van der Waals surface area contributed by atoms with Gasteiger partial charge in [-0.2, -0.15) is 0 Å². The molecular weight excluding hydrogens is 584 g/mol. The third-order valence-electron chi connectivity index (χ3n) is 7.65. The molecule has 0 rings (SSSR count). The zero-order valence-corrected chi connectivity index (χ0v) is 25.8. The lowest BCUT2D eigenvalue weighted by Gasteiger charge is -2.48. The van der Waals surface area contributed by atoms with E-state index >= 15 is 0 Å². The lowest BCUT2D eigenvalue weighted by molar-refractivity contribution is -0.137. The summed E-state index contributed by atoms with van der Waals surface area (Å²) in [5.74, 6) is 2.65. The highest BCUT2D eigenvalue weighted by molar-refractivity contribution is 14.1. The molecule has 4 unspecified atom stereocenters. The van der Waals surface area contributed by atoms with Crippen LogP contribution in [0.4, 0.5) is 0 Å². The monoisotopic (exact) mass is 633 g/mol. The molecule has 0 aliphatic rings. The molecule has 0 spiro atoms. The SMILES string of the molecule is CC(C)C(C(C)I)C(C)(CC(C)N(I)C(=O)C(C)(C)CC(C)(C)C(C)C)C(C)C. The van der Waals surface area contributed by atoms with E-state index in [4.69, 9.17) is 0 Å². The summed E-state index contributed by atoms with van der Waals surface area (Å²) in [6.45, 7) is 29.8. The van der Waals surface area contributed by atoms with Gasteiger partial charge in [0.05, 0.1) is 22.9 Å². The molecule has 0 fully saturated rings. The van der Waals surface area contributed by atoms with Gasteiger partial charge in [0.2, 0.25) is 5.91 Å². The van der Waals surface area contributed by atoms with E-state index in [2.05, 4.69) is 135 Å². The Kier molecular flexibility index (Phi) is 11.5. The fourth-order valence-electron chi connectivity index (χ4n) is 5.20. The minimum Gasteiger partial charge on any atom is -0.282 e. The third-order valence-corrected chi connectivity index (χ3v) is 9.81. The molecule has 0 bridgehead atoms. The van der Waals surface area contributed by atoms with Gasteiger partial charge in [-0.05, 0) is 54.3 Å². The molecule has 0 radical (unpaired) electrons. The van der Waals surface area contributed by atoms with Gasteiger partial charge < -0.3 is 0 Å². The van der Waals surface area contributed by atoms with Crippen LogP contribution in [0.3, 0.4) is 0 Å². The van der Waals surface area contributed by atoms with Crippen LogP contribution in [-0.2, 0) is 4.79 Å². The first kappa shape index (κ1) is 29.9. The van der Waals surface area contributed by atoms with Crippen molar-refractivity contribution in [2.45, 2.75) is 113 Å². The second-order valence-corrected chi connectivity index (χ2v) is 15.0. The van der Waals surface area contributed by atoms with Crippen LogP contribution in [0.25, 0.3) is 0 Å². The Morgan fingerprint density at radius 2 is 1.31 bits per heavy atom. The Hall–Kier alpha value is 0.930. The Morgan fingerprint density at radius 3 is 1.62 bits per heavy atom. The van der Waals surface area contributed by atoms with Crippen LogP contribution >= 0.6 is 45.5 Å². The molecule has 0 aliphatic carbocycles. The Morgan fingerprint density at radius 1 is 0.862 bits per heavy atom. The van der Waals surface area contributed by atoms with Crippen molar-refractivity contribution in [3.05, 3.63) is 0 Å². The van der Waals surface area contributed by atoms with Crippen molar-refractivity contribution in [2.75, 3.05) is 0 Å². The molecule has 0 saturated carbocycles. The van der Waals surface area contributed by atoms with Gasteiger partial charge in [0.15, 0.2) is 0 Å². The largest absolute Gasteiger partial charge is 0.282 e. The van der Waals surface area contributed by atoms with E-state index in [1.54, 1.807) is 0 Å². The fourth-order valence-corrected chi connectivity index (χ4v) is 7.70. The Labute approximate surface area is 210 Å². The highest BCUT2D eigenvalue weighted by Gasteiger charge is 2.44. The molecule has 0 N–H and O–H groups in total. The molecule has 1 amide bonds. The average molecular weight is 633 g/mol. The maximum Gasteiger partial charge on any atom is 0.237 e. The minimum absolute atomic E-state index is 0.145. The van der Waals surface area contributed by atoms with Gasteiger partial charge in [-0.15, -0.1) is 0 Å². The zero-order valence-electron chi connectivity index (χ0n) is 21.5. The molecular formula is C25H49I2NO. The molecule has 0 aromatic heterocycles. The lowest BCUT2D eigenvalue weighted by atomic mass is 9.61. The summed E-state index contributed by atoms with van der Waals surface area (Å²) >= 11 is 4.90. The summed E-state index contributed by atoms with van der Waals surface area (Å²) in [5, 5.41) is 0. The van der Waals surface area contributed by atoms with Crippen molar-refractivity contribution in [1.29, 1.82) is 0 Å². The maximum atomic E-state index is 13.5. The summed E-state index contributed by atoms with van der Waals surface area (Å²) < 4.78 is 2.62. The highest BCUT2D eigenvalue weighted by atomic mass is 127. The number of hydrogen-bond donors (Lipinski definition) is 0. The van der Waals surface area contributed by atoms with Gasteiger partial charge in [-0.1, -0.05) is 106 Å². The number of hydrogen-bond acceptors (Lipinski definition) is 1. The van der Waals surface area contributed by atoms with Crippen molar-refractivity contribution in [3.63, 3.8) is 0 Å². The van der Waals surface area contributed by atoms with Gasteiger partial charge in [-0.3, -0.25) is 7.91 Å². The Balaban J connectivity index is 5.63. The first-order valence-corrected chi connectivity index (χ1v) is 13.7. The number of carbonyl (C=O) groups excluding carboxylic acids is 1. The van der Waals surface area contributed by atoms with Crippen LogP contribution in [0.5, 0.6) is 0 Å². The normalized spacial score (nSPS) is 18.7. The molecule has 0 aliphatic heterocycles. The third kappa shape index (κ3) is 7.78. The number of alkyl halides is 1. The Bertz CT molecular complexity index is 517. The van der Waals surface area contributed by atoms with Crippen LogP contribution in [0.2, 0.25) is 0 Å². The number of amides is 1. The standard InChI is InChI=1S/C25H49I2NO/c1-16(2)21(20(8)26)25(13,18(5)6)14-19(7)28(27)22(29)24(11,12)15-23(9,10)17(3)4/h16-21H,14-15H2,1-13H3. The summed E-state index contributed by atoms with van der Waals surface area (Å²) in [6, 6.07) is 0.216. The van der Waals surface area contributed by atoms with E-state index in [0.717, 1.165) is 12.8 Å². The molecule has 29 heavy (non-hydrogen) atoms. The predicted molar refractivity (Wildman–Crippen MR) is 147 cm³/mol. The molecule has 4 atom stereocenters. The van der Waals surface area contributed by atoms with Crippen LogP contribution in [0.1, 0.15) is 103 Å². The first-order chi connectivity index (χ1) is 12.8. The van der Waals surface area contributed by atoms with Crippen molar-refractivity contribution in [3.8, 4) is 0 Å². The van der Waals surface area contributed by atoms with Crippen molar-refractivity contribution in [2.24, 2.45) is 39.9 Å². The van der Waals surface area contributed by atoms with E-state index in [-0.39, 0.29) is 28.2 Å². The van der Waals surface area contributed by atoms with Crippen molar-refractivity contribution >= 4 is 51.4 Å². The fraction of sp³-hybridized carbons (Fsp3) is 0.960. The van der Waals surface area contributed by atoms with Crippen LogP contribution in [0.15, 0.2) is 0 Å². The molecule has 2 nitrogen and oxygen atoms in total. The zero-order chi connectivity index (χ0) is 23.5. The molecule has 174 valence electrons. The summed E-state index contributed by atoms with van der Waals surface area (Å²) in [4.78, 5) is 13.5. The highest BCUT2D eigenvalue weighted by Crippen LogP contribution is 2.48. The van der Waals surface area contributed by atoms with Crippen molar-refractivity contribution < 1.29 is 4.79 Å². The van der Waals surface area contributed by atoms with E-state index < -0.39 is 0 Å². The van der Waals surface area contributed by atoms with Gasteiger partial charge in [0.25, 0.3) is 0 Å². The molecule has 0 aromatic carbocycles. The topological polar surface area (TPSA) is 20.3 Å². The minimum atomic E-state index is -0.356. The molecule has 4 heteroatoms. The van der Waals surface area contributed by atoms with Gasteiger partial charge >= 0.3 is 0 Å². The summed E-state index contributed by atoms with van der Waals surface area (Å²) in [7, 11) is 0. The van der Waals surface area contributed by atoms with Crippen LogP contribution in [0, 0.1) is 39.9 Å². The second kappa shape index (κ2) is 11.2. The lowest BCUT2D eigenvalue weighted by Crippen LogP contribution is -2.47. The molecule has 0 saturated heterocycles. The predicted octanol–water partition coefficient (Wildman–Crippen LogP) is 8.80. The summed E-state index contributed by atoms with van der Waals surface area (Å²) in [6.07, 6.45) is 1.95. The maximum absolute atomic E-state index is 13.5. The van der Waals surface area contributed by atoms with Gasteiger partial charge in [0.1, 0.15) is 0 Å². The number of rotatable bonds is 11. The number of nitrogens with zero attached hydrogens (tertiary/aromatic N) is 1. The number of carbonyl (C=O) groups is 1. The quantitative estimate of drug-likeness (QED) is 0.127. The number of halogens is 2. The molecule has 0 heterocycles. The van der Waals surface area contributed by atoms with Gasteiger partial charge in [-0.25, -0.2) is 0 Å². The van der Waals surface area contributed by atoms with Crippen LogP contribution in [-0.4, -0.2) is 19.0 Å². The average Bonchev–Trinajstić information content (AvgIpc) is 2.50. The second-order valence-electron chi connectivity index (χ2n) is 12.0. The first-order valence-electron chi connectivity index (χ1n) is 11.4. The van der Waals surface area contributed by atoms with E-state index in [1.807, 2.05) is 3.11 Å². The molecule has 0 aromatic rings. The smallest absolute Gasteiger partial charge is 0.237 e. The van der Waals surface area contributed by atoms with Crippen molar-refractivity contribution in [1.82, 2.24) is 3.11 Å². The summed E-state index contributed by atoms with van der Waals surface area (Å²) in [5.41, 5.74) is -0.0175. The van der Waals surface area contributed by atoms with Gasteiger partial charge in [0, 0.05) is 15.4 Å². The van der Waals surface area contributed by atoms with E-state index in [9.17, 15) is 4.79 Å². The van der Waals surface area contributed by atoms with Crippen LogP contribution < -0.4 is 0 Å². The van der Waals surface area contributed by atoms with E-state index in [1.165, 1.54) is 0 Å². The van der Waals surface area contributed by atoms with E-state index in [0.29, 0.717) is 27.6 Å².